The first-order valence-corrected chi connectivity index (χ1v) is 13.6. The maximum absolute atomic E-state index is 13.0. The van der Waals surface area contributed by atoms with Gasteiger partial charge in [-0.05, 0) is 54.4 Å². The summed E-state index contributed by atoms with van der Waals surface area (Å²) in [6.07, 6.45) is -0.259. The number of hydrogen-bond donors (Lipinski definition) is 2. The van der Waals surface area contributed by atoms with Crippen molar-refractivity contribution in [2.45, 2.75) is 25.5 Å². The molecule has 5 rings (SSSR count). The lowest BCUT2D eigenvalue weighted by atomic mass is 10.0. The highest BCUT2D eigenvalue weighted by Gasteiger charge is 2.24. The Morgan fingerprint density at radius 3 is 2.12 bits per heavy atom. The molecule has 40 heavy (non-hydrogen) atoms. The molecule has 1 aliphatic rings. The lowest BCUT2D eigenvalue weighted by Crippen LogP contribution is -2.41. The van der Waals surface area contributed by atoms with Crippen molar-refractivity contribution in [1.82, 2.24) is 5.32 Å². The number of amides is 1. The maximum atomic E-state index is 13.0. The summed E-state index contributed by atoms with van der Waals surface area (Å²) in [6, 6.07) is 32.7. The zero-order valence-electron chi connectivity index (χ0n) is 22.5. The van der Waals surface area contributed by atoms with E-state index in [4.69, 9.17) is 14.2 Å². The largest absolute Gasteiger partial charge is 0.492 e. The van der Waals surface area contributed by atoms with Crippen LogP contribution in [0.4, 0.5) is 11.4 Å². The van der Waals surface area contributed by atoms with Crippen LogP contribution in [0.25, 0.3) is 0 Å². The maximum Gasteiger partial charge on any atom is 0.250 e. The van der Waals surface area contributed by atoms with Crippen LogP contribution in [0.2, 0.25) is 0 Å². The number of benzene rings is 4. The first-order valence-electron chi connectivity index (χ1n) is 13.6. The van der Waals surface area contributed by atoms with Crippen molar-refractivity contribution >= 4 is 17.3 Å². The van der Waals surface area contributed by atoms with E-state index < -0.39 is 12.1 Å². The zero-order chi connectivity index (χ0) is 27.7. The number of fused-ring (bicyclic) bond motifs is 2. The van der Waals surface area contributed by atoms with Gasteiger partial charge >= 0.3 is 0 Å². The highest BCUT2D eigenvalue weighted by atomic mass is 16.5. The minimum Gasteiger partial charge on any atom is -0.492 e. The van der Waals surface area contributed by atoms with Crippen molar-refractivity contribution in [3.05, 3.63) is 114 Å². The molecule has 0 aromatic heterocycles. The summed E-state index contributed by atoms with van der Waals surface area (Å²) in [5, 5.41) is 12.8. The van der Waals surface area contributed by atoms with Crippen molar-refractivity contribution in [2.75, 3.05) is 31.3 Å². The van der Waals surface area contributed by atoms with Crippen molar-refractivity contribution in [2.24, 2.45) is 0 Å². The topological polar surface area (TPSA) is 80.3 Å². The van der Waals surface area contributed by atoms with Gasteiger partial charge in [0, 0.05) is 13.0 Å². The van der Waals surface area contributed by atoms with Crippen LogP contribution in [0.15, 0.2) is 103 Å². The van der Waals surface area contributed by atoms with Crippen molar-refractivity contribution in [3.63, 3.8) is 0 Å². The van der Waals surface area contributed by atoms with Gasteiger partial charge in [-0.2, -0.15) is 0 Å². The third-order valence-electron chi connectivity index (χ3n) is 6.82. The molecule has 4 aromatic rings. The lowest BCUT2D eigenvalue weighted by Gasteiger charge is -2.32. The molecule has 0 saturated heterocycles. The number of ether oxygens (including phenoxy) is 3. The Morgan fingerprint density at radius 2 is 1.50 bits per heavy atom. The fourth-order valence-electron chi connectivity index (χ4n) is 4.83. The first-order chi connectivity index (χ1) is 19.7. The second-order valence-electron chi connectivity index (χ2n) is 9.48. The summed E-state index contributed by atoms with van der Waals surface area (Å²) in [5.41, 5.74) is 3.82. The van der Waals surface area contributed by atoms with Gasteiger partial charge in [-0.3, -0.25) is 4.79 Å². The van der Waals surface area contributed by atoms with Gasteiger partial charge in [0.15, 0.2) is 11.5 Å². The molecular formula is C33H34N2O5. The molecule has 0 bridgehead atoms. The summed E-state index contributed by atoms with van der Waals surface area (Å²) < 4.78 is 17.9. The monoisotopic (exact) mass is 538 g/mol. The molecule has 0 radical (unpaired) electrons. The Labute approximate surface area is 234 Å². The predicted octanol–water partition coefficient (Wildman–Crippen LogP) is 5.81. The van der Waals surface area contributed by atoms with Gasteiger partial charge in [-0.25, -0.2) is 0 Å². The van der Waals surface area contributed by atoms with Crippen LogP contribution in [-0.2, 0) is 16.0 Å². The van der Waals surface area contributed by atoms with E-state index in [1.807, 2.05) is 110 Å². The number of rotatable bonds is 12. The second-order valence-corrected chi connectivity index (χ2v) is 9.48. The molecule has 0 unspecified atom stereocenters. The number of carbonyl (C=O) groups excluding carboxylic acids is 1. The van der Waals surface area contributed by atoms with E-state index in [1.54, 1.807) is 0 Å². The number of aliphatic hydroxyl groups excluding tert-OH is 1. The van der Waals surface area contributed by atoms with Gasteiger partial charge in [0.25, 0.3) is 0 Å². The Kier molecular flexibility index (Phi) is 8.96. The molecule has 2 atom stereocenters. The molecule has 1 aliphatic heterocycles. The van der Waals surface area contributed by atoms with E-state index in [0.29, 0.717) is 26.2 Å². The molecule has 206 valence electrons. The molecule has 0 saturated carbocycles. The van der Waals surface area contributed by atoms with Gasteiger partial charge in [0.05, 0.1) is 30.6 Å². The van der Waals surface area contributed by atoms with Crippen LogP contribution in [0.5, 0.6) is 17.2 Å². The predicted molar refractivity (Wildman–Crippen MR) is 155 cm³/mol. The molecular weight excluding hydrogens is 504 g/mol. The summed E-state index contributed by atoms with van der Waals surface area (Å²) in [7, 11) is 0. The lowest BCUT2D eigenvalue weighted by molar-refractivity contribution is -0.133. The number of anilines is 2. The molecule has 4 aromatic carbocycles. The molecule has 0 spiro atoms. The average Bonchev–Trinajstić information content (AvgIpc) is 3.00. The second kappa shape index (κ2) is 13.2. The molecule has 0 fully saturated rings. The molecule has 7 nitrogen and oxygen atoms in total. The Morgan fingerprint density at radius 1 is 0.875 bits per heavy atom. The fraction of sp³-hybridized carbons (Fsp3) is 0.242. The summed E-state index contributed by atoms with van der Waals surface area (Å²) in [4.78, 5) is 15.2. The van der Waals surface area contributed by atoms with Crippen LogP contribution in [0.3, 0.4) is 0 Å². The normalized spacial score (nSPS) is 13.4. The van der Waals surface area contributed by atoms with E-state index in [2.05, 4.69) is 10.2 Å². The van der Waals surface area contributed by atoms with Crippen LogP contribution >= 0.6 is 0 Å². The summed E-state index contributed by atoms with van der Waals surface area (Å²) >= 11 is 0. The van der Waals surface area contributed by atoms with Gasteiger partial charge in [0.2, 0.25) is 5.91 Å². The van der Waals surface area contributed by atoms with E-state index >= 15 is 0 Å². The van der Waals surface area contributed by atoms with E-state index in [9.17, 15) is 9.90 Å². The Bertz CT molecular complexity index is 1350. The minimum atomic E-state index is -0.670. The number of para-hydroxylation sites is 4. The SMILES string of the molecule is CCO[C@@H](Cc1ccc(OCCN2c3ccccc3Oc3ccccc32)cc1)C(=O)N[C@H](CO)c1ccccc1. The molecule has 1 amide bonds. The van der Waals surface area contributed by atoms with Crippen LogP contribution in [0.1, 0.15) is 24.1 Å². The summed E-state index contributed by atoms with van der Waals surface area (Å²) in [6.45, 7) is 3.21. The van der Waals surface area contributed by atoms with E-state index in [1.165, 1.54) is 0 Å². The van der Waals surface area contributed by atoms with Crippen LogP contribution < -0.4 is 19.7 Å². The van der Waals surface area contributed by atoms with Crippen molar-refractivity contribution in [1.29, 1.82) is 0 Å². The number of hydrogen-bond acceptors (Lipinski definition) is 6. The van der Waals surface area contributed by atoms with Crippen molar-refractivity contribution < 1.29 is 24.1 Å². The highest BCUT2D eigenvalue weighted by molar-refractivity contribution is 5.81. The first kappa shape index (κ1) is 27.2. The van der Waals surface area contributed by atoms with Crippen LogP contribution in [0, 0.1) is 0 Å². The molecule has 0 aliphatic carbocycles. The molecule has 1 heterocycles. The fourth-order valence-corrected chi connectivity index (χ4v) is 4.83. The highest BCUT2D eigenvalue weighted by Crippen LogP contribution is 2.45. The summed E-state index contributed by atoms with van der Waals surface area (Å²) in [5.74, 6) is 2.15. The smallest absolute Gasteiger partial charge is 0.250 e. The number of nitrogens with zero attached hydrogens (tertiary/aromatic N) is 1. The quantitative estimate of drug-likeness (QED) is 0.237. The zero-order valence-corrected chi connectivity index (χ0v) is 22.5. The van der Waals surface area contributed by atoms with Gasteiger partial charge in [-0.1, -0.05) is 66.7 Å². The Hall–Kier alpha value is -4.33. The van der Waals surface area contributed by atoms with E-state index in [0.717, 1.165) is 39.8 Å². The molecule has 7 heteroatoms. The van der Waals surface area contributed by atoms with Crippen LogP contribution in [-0.4, -0.2) is 43.5 Å². The molecule has 2 N–H and O–H groups in total. The van der Waals surface area contributed by atoms with Gasteiger partial charge in [-0.15, -0.1) is 0 Å². The number of nitrogens with one attached hydrogen (secondary N) is 1. The van der Waals surface area contributed by atoms with Gasteiger partial charge in [0.1, 0.15) is 18.5 Å². The minimum absolute atomic E-state index is 0.192. The third-order valence-corrected chi connectivity index (χ3v) is 6.82. The third kappa shape index (κ3) is 6.45. The number of aliphatic hydroxyl groups is 1. The average molecular weight is 539 g/mol. The number of carbonyl (C=O) groups is 1. The van der Waals surface area contributed by atoms with E-state index in [-0.39, 0.29) is 12.5 Å². The Balaban J connectivity index is 1.18. The standard InChI is InChI=1S/C33H34N2O5/c1-2-38-32(33(37)34-27(23-36)25-10-4-3-5-11-25)22-24-16-18-26(19-17-24)39-21-20-35-28-12-6-8-14-30(28)40-31-15-9-7-13-29(31)35/h3-19,27,32,36H,2,20-23H2,1H3,(H,34,37)/t27-,32+/m1/s1. The van der Waals surface area contributed by atoms with Crippen molar-refractivity contribution in [3.8, 4) is 17.2 Å². The van der Waals surface area contributed by atoms with Gasteiger partial charge < -0.3 is 29.5 Å².